The summed E-state index contributed by atoms with van der Waals surface area (Å²) < 4.78 is 0. The molecule has 1 fully saturated rings. The van der Waals surface area contributed by atoms with Gasteiger partial charge >= 0.3 is 0 Å². The lowest BCUT2D eigenvalue weighted by molar-refractivity contribution is 0.0911. The first-order valence-electron chi connectivity index (χ1n) is 5.98. The van der Waals surface area contributed by atoms with E-state index in [4.69, 9.17) is 0 Å². The molecule has 2 atom stereocenters. The molecule has 0 radical (unpaired) electrons. The standard InChI is InChI=1S/C13H18N2O2/c1-9-8-14-7-6-11(9)15-13(17)10-4-2-3-5-12(10)16/h2-5,9,11,14,16H,6-8H2,1H3,(H,15,17). The number of aromatic hydroxyl groups is 1. The van der Waals surface area contributed by atoms with Crippen molar-refractivity contribution < 1.29 is 9.90 Å². The van der Waals surface area contributed by atoms with Crippen LogP contribution in [-0.4, -0.2) is 30.1 Å². The molecule has 2 unspecified atom stereocenters. The minimum atomic E-state index is -0.193. The number of carbonyl (C=O) groups excluding carboxylic acids is 1. The molecule has 3 N–H and O–H groups in total. The molecule has 0 saturated carbocycles. The minimum absolute atomic E-state index is 0.0339. The van der Waals surface area contributed by atoms with E-state index in [1.165, 1.54) is 6.07 Å². The Bertz CT molecular complexity index is 406. The van der Waals surface area contributed by atoms with E-state index in [0.29, 0.717) is 11.5 Å². The smallest absolute Gasteiger partial charge is 0.255 e. The van der Waals surface area contributed by atoms with Crippen LogP contribution in [0.2, 0.25) is 0 Å². The molecule has 92 valence electrons. The van der Waals surface area contributed by atoms with Crippen molar-refractivity contribution in [2.24, 2.45) is 5.92 Å². The number of phenols is 1. The van der Waals surface area contributed by atoms with Crippen LogP contribution in [0.1, 0.15) is 23.7 Å². The van der Waals surface area contributed by atoms with E-state index in [9.17, 15) is 9.90 Å². The molecule has 0 bridgehead atoms. The summed E-state index contributed by atoms with van der Waals surface area (Å²) in [5, 5.41) is 15.9. The summed E-state index contributed by atoms with van der Waals surface area (Å²) in [6, 6.07) is 6.81. The van der Waals surface area contributed by atoms with E-state index >= 15 is 0 Å². The van der Waals surface area contributed by atoms with Gasteiger partial charge < -0.3 is 15.7 Å². The van der Waals surface area contributed by atoms with Gasteiger partial charge in [0.15, 0.2) is 0 Å². The van der Waals surface area contributed by atoms with Crippen LogP contribution in [0.5, 0.6) is 5.75 Å². The number of nitrogens with one attached hydrogen (secondary N) is 2. The Morgan fingerprint density at radius 3 is 2.94 bits per heavy atom. The maximum atomic E-state index is 12.0. The lowest BCUT2D eigenvalue weighted by atomic mass is 9.95. The molecule has 0 aromatic heterocycles. The zero-order chi connectivity index (χ0) is 12.3. The van der Waals surface area contributed by atoms with Crippen molar-refractivity contribution in [1.82, 2.24) is 10.6 Å². The molecule has 1 aliphatic heterocycles. The Morgan fingerprint density at radius 1 is 1.47 bits per heavy atom. The highest BCUT2D eigenvalue weighted by atomic mass is 16.3. The molecule has 4 nitrogen and oxygen atoms in total. The highest BCUT2D eigenvalue weighted by Crippen LogP contribution is 2.17. The maximum Gasteiger partial charge on any atom is 0.255 e. The maximum absolute atomic E-state index is 12.0. The molecule has 1 saturated heterocycles. The van der Waals surface area contributed by atoms with Crippen molar-refractivity contribution in [3.63, 3.8) is 0 Å². The van der Waals surface area contributed by atoms with Gasteiger partial charge in [0.05, 0.1) is 5.56 Å². The molecule has 0 aliphatic carbocycles. The van der Waals surface area contributed by atoms with E-state index in [1.807, 2.05) is 0 Å². The van der Waals surface area contributed by atoms with E-state index < -0.39 is 0 Å². The monoisotopic (exact) mass is 234 g/mol. The summed E-state index contributed by atoms with van der Waals surface area (Å²) in [6.07, 6.45) is 0.931. The van der Waals surface area contributed by atoms with E-state index in [2.05, 4.69) is 17.6 Å². The highest BCUT2D eigenvalue weighted by molar-refractivity contribution is 5.96. The molecule has 1 aromatic carbocycles. The second-order valence-corrected chi connectivity index (χ2v) is 4.57. The summed E-state index contributed by atoms with van der Waals surface area (Å²) in [5.41, 5.74) is 0.346. The average Bonchev–Trinajstić information content (AvgIpc) is 2.32. The van der Waals surface area contributed by atoms with Crippen LogP contribution in [0.25, 0.3) is 0 Å². The van der Waals surface area contributed by atoms with Gasteiger partial charge in [-0.15, -0.1) is 0 Å². The largest absolute Gasteiger partial charge is 0.507 e. The number of rotatable bonds is 2. The van der Waals surface area contributed by atoms with Crippen LogP contribution in [-0.2, 0) is 0 Å². The van der Waals surface area contributed by atoms with Crippen molar-refractivity contribution in [1.29, 1.82) is 0 Å². The Kier molecular flexibility index (Phi) is 3.64. The number of phenolic OH excluding ortho intramolecular Hbond substituents is 1. The van der Waals surface area contributed by atoms with Crippen LogP contribution in [0.15, 0.2) is 24.3 Å². The van der Waals surface area contributed by atoms with E-state index in [0.717, 1.165) is 19.5 Å². The van der Waals surface area contributed by atoms with Crippen LogP contribution >= 0.6 is 0 Å². The number of piperidine rings is 1. The number of para-hydroxylation sites is 1. The van der Waals surface area contributed by atoms with Crippen molar-refractivity contribution in [3.8, 4) is 5.75 Å². The molecule has 17 heavy (non-hydrogen) atoms. The Labute approximate surface area is 101 Å². The molecule has 4 heteroatoms. The molecule has 1 heterocycles. The third-order valence-electron chi connectivity index (χ3n) is 3.25. The van der Waals surface area contributed by atoms with Crippen molar-refractivity contribution in [3.05, 3.63) is 29.8 Å². The molecular formula is C13H18N2O2. The zero-order valence-electron chi connectivity index (χ0n) is 9.94. The van der Waals surface area contributed by atoms with Gasteiger partial charge in [-0.2, -0.15) is 0 Å². The van der Waals surface area contributed by atoms with Gasteiger partial charge in [0.2, 0.25) is 0 Å². The number of hydrogen-bond acceptors (Lipinski definition) is 3. The van der Waals surface area contributed by atoms with Crippen molar-refractivity contribution >= 4 is 5.91 Å². The van der Waals surface area contributed by atoms with Gasteiger partial charge in [0.1, 0.15) is 5.75 Å². The Hall–Kier alpha value is -1.55. The SMILES string of the molecule is CC1CNCCC1NC(=O)c1ccccc1O. The summed E-state index contributed by atoms with van der Waals surface area (Å²) in [7, 11) is 0. The van der Waals surface area contributed by atoms with Gasteiger partial charge in [-0.3, -0.25) is 4.79 Å². The molecule has 2 rings (SSSR count). The topological polar surface area (TPSA) is 61.4 Å². The summed E-state index contributed by atoms with van der Waals surface area (Å²) in [6.45, 7) is 3.96. The second kappa shape index (κ2) is 5.19. The second-order valence-electron chi connectivity index (χ2n) is 4.57. The summed E-state index contributed by atoms with van der Waals surface area (Å²) >= 11 is 0. The summed E-state index contributed by atoms with van der Waals surface area (Å²) in [5.74, 6) is 0.256. The Morgan fingerprint density at radius 2 is 2.24 bits per heavy atom. The fraction of sp³-hybridized carbons (Fsp3) is 0.462. The first kappa shape index (κ1) is 11.9. The van der Waals surface area contributed by atoms with Gasteiger partial charge in [-0.05, 0) is 37.6 Å². The van der Waals surface area contributed by atoms with Gasteiger partial charge in [-0.25, -0.2) is 0 Å². The molecule has 1 aromatic rings. The van der Waals surface area contributed by atoms with Crippen LogP contribution < -0.4 is 10.6 Å². The lowest BCUT2D eigenvalue weighted by Gasteiger charge is -2.30. The van der Waals surface area contributed by atoms with E-state index in [1.54, 1.807) is 18.2 Å². The molecule has 0 spiro atoms. The van der Waals surface area contributed by atoms with Crippen LogP contribution in [0, 0.1) is 5.92 Å². The summed E-state index contributed by atoms with van der Waals surface area (Å²) in [4.78, 5) is 12.0. The minimum Gasteiger partial charge on any atom is -0.507 e. The third kappa shape index (κ3) is 2.77. The lowest BCUT2D eigenvalue weighted by Crippen LogP contribution is -2.48. The average molecular weight is 234 g/mol. The molecular weight excluding hydrogens is 216 g/mol. The highest BCUT2D eigenvalue weighted by Gasteiger charge is 2.23. The van der Waals surface area contributed by atoms with Gasteiger partial charge in [0, 0.05) is 6.04 Å². The van der Waals surface area contributed by atoms with Crippen LogP contribution in [0.4, 0.5) is 0 Å². The predicted octanol–water partition coefficient (Wildman–Crippen LogP) is 1.12. The zero-order valence-corrected chi connectivity index (χ0v) is 9.94. The van der Waals surface area contributed by atoms with Gasteiger partial charge in [0.25, 0.3) is 5.91 Å². The quantitative estimate of drug-likeness (QED) is 0.718. The first-order valence-corrected chi connectivity index (χ1v) is 5.98. The fourth-order valence-corrected chi connectivity index (χ4v) is 2.14. The first-order chi connectivity index (χ1) is 8.18. The van der Waals surface area contributed by atoms with Crippen molar-refractivity contribution in [2.45, 2.75) is 19.4 Å². The van der Waals surface area contributed by atoms with Crippen molar-refractivity contribution in [2.75, 3.05) is 13.1 Å². The van der Waals surface area contributed by atoms with E-state index in [-0.39, 0.29) is 17.7 Å². The van der Waals surface area contributed by atoms with Gasteiger partial charge in [-0.1, -0.05) is 19.1 Å². The fourth-order valence-electron chi connectivity index (χ4n) is 2.14. The normalized spacial score (nSPS) is 24.3. The predicted molar refractivity (Wildman–Crippen MR) is 66.0 cm³/mol. The number of hydrogen-bond donors (Lipinski definition) is 3. The Balaban J connectivity index is 2.04. The number of benzene rings is 1. The number of carbonyl (C=O) groups is 1. The third-order valence-corrected chi connectivity index (χ3v) is 3.25. The van der Waals surface area contributed by atoms with Crippen LogP contribution in [0.3, 0.4) is 0 Å². The number of amides is 1. The molecule has 1 amide bonds. The molecule has 1 aliphatic rings.